The molecule has 9 heteroatoms. The van der Waals surface area contributed by atoms with E-state index < -0.39 is 33.7 Å². The molecule has 0 aliphatic rings. The van der Waals surface area contributed by atoms with E-state index in [1.165, 1.54) is 0 Å². The van der Waals surface area contributed by atoms with E-state index in [1.807, 2.05) is 0 Å². The van der Waals surface area contributed by atoms with Crippen molar-refractivity contribution in [1.82, 2.24) is 0 Å². The molecule has 8 nitrogen and oxygen atoms in total. The highest BCUT2D eigenvalue weighted by Crippen LogP contribution is 2.06. The van der Waals surface area contributed by atoms with Crippen molar-refractivity contribution in [3.8, 4) is 0 Å². The molecule has 0 aromatic carbocycles. The Morgan fingerprint density at radius 1 is 1.38 bits per heavy atom. The largest absolute Gasteiger partial charge is 0.481 e. The number of hydrogen-bond acceptors (Lipinski definition) is 6. The van der Waals surface area contributed by atoms with Gasteiger partial charge in [-0.3, -0.25) is 14.2 Å². The lowest BCUT2D eigenvalue weighted by molar-refractivity contribution is -0.234. The van der Waals surface area contributed by atoms with Crippen molar-refractivity contribution >= 4 is 22.1 Å². The van der Waals surface area contributed by atoms with Gasteiger partial charge in [-0.1, -0.05) is 0 Å². The van der Waals surface area contributed by atoms with Gasteiger partial charge in [-0.25, -0.2) is 4.79 Å². The minimum absolute atomic E-state index is 1.18. The molecule has 13 heavy (non-hydrogen) atoms. The minimum Gasteiger partial charge on any atom is -0.481 e. The van der Waals surface area contributed by atoms with Crippen LogP contribution in [-0.2, 0) is 24.6 Å². The second-order valence-electron chi connectivity index (χ2n) is 2.01. The summed E-state index contributed by atoms with van der Waals surface area (Å²) in [5.74, 6) is -3.38. The van der Waals surface area contributed by atoms with Crippen molar-refractivity contribution in [3.63, 3.8) is 0 Å². The van der Waals surface area contributed by atoms with Gasteiger partial charge in [-0.15, -0.1) is 0 Å². The van der Waals surface area contributed by atoms with Crippen LogP contribution >= 0.6 is 0 Å². The first-order chi connectivity index (χ1) is 5.79. The van der Waals surface area contributed by atoms with E-state index in [0.29, 0.717) is 0 Å². The summed E-state index contributed by atoms with van der Waals surface area (Å²) in [5.41, 5.74) is 0. The zero-order chi connectivity index (χ0) is 10.6. The van der Waals surface area contributed by atoms with Gasteiger partial charge in [-0.05, 0) is 0 Å². The zero-order valence-electron chi connectivity index (χ0n) is 6.08. The number of carbonyl (C=O) groups is 2. The third kappa shape index (κ3) is 3.83. The second kappa shape index (κ2) is 4.16. The fourth-order valence-corrected chi connectivity index (χ4v) is 1.17. The normalized spacial score (nSPS) is 13.4. The van der Waals surface area contributed by atoms with Crippen LogP contribution in [0.5, 0.6) is 0 Å². The summed E-state index contributed by atoms with van der Waals surface area (Å²) in [4.78, 5) is 23.4. The van der Waals surface area contributed by atoms with Gasteiger partial charge < -0.3 is 5.11 Å². The lowest BCUT2D eigenvalue weighted by atomic mass is 10.3. The van der Waals surface area contributed by atoms with Gasteiger partial charge in [0.2, 0.25) is 0 Å². The van der Waals surface area contributed by atoms with Crippen molar-refractivity contribution < 1.29 is 37.8 Å². The molecule has 0 amide bonds. The standard InChI is InChI=1S/C4H6O8S/c5-3(6)1-2(4(7)12-8)13(9,10)11/h2,8H,1H2,(H,5,6)(H,9,10,11). The Morgan fingerprint density at radius 2 is 1.85 bits per heavy atom. The number of carboxylic acid groups (broad SMARTS) is 1. The first-order valence-corrected chi connectivity index (χ1v) is 4.32. The fourth-order valence-electron chi connectivity index (χ4n) is 0.528. The molecule has 1 unspecified atom stereocenters. The third-order valence-electron chi connectivity index (χ3n) is 1.07. The van der Waals surface area contributed by atoms with Crippen LogP contribution in [-0.4, -0.2) is 40.5 Å². The van der Waals surface area contributed by atoms with Gasteiger partial charge in [-0.2, -0.15) is 13.7 Å². The molecule has 0 heterocycles. The van der Waals surface area contributed by atoms with Crippen molar-refractivity contribution in [2.24, 2.45) is 0 Å². The van der Waals surface area contributed by atoms with Gasteiger partial charge in [0.05, 0.1) is 6.42 Å². The van der Waals surface area contributed by atoms with E-state index in [4.69, 9.17) is 14.9 Å². The van der Waals surface area contributed by atoms with E-state index >= 15 is 0 Å². The summed E-state index contributed by atoms with van der Waals surface area (Å²) < 4.78 is 29.0. The quantitative estimate of drug-likeness (QED) is 0.299. The summed E-state index contributed by atoms with van der Waals surface area (Å²) in [6.07, 6.45) is -1.18. The Morgan fingerprint density at radius 3 is 2.08 bits per heavy atom. The van der Waals surface area contributed by atoms with Crippen LogP contribution in [0.2, 0.25) is 0 Å². The van der Waals surface area contributed by atoms with Crippen LogP contribution in [0.15, 0.2) is 0 Å². The van der Waals surface area contributed by atoms with Crippen molar-refractivity contribution in [2.45, 2.75) is 11.7 Å². The molecule has 0 saturated heterocycles. The minimum atomic E-state index is -4.89. The first-order valence-electron chi connectivity index (χ1n) is 2.82. The Kier molecular flexibility index (Phi) is 3.78. The van der Waals surface area contributed by atoms with E-state index in [1.54, 1.807) is 0 Å². The number of hydrogen-bond donors (Lipinski definition) is 3. The number of carboxylic acids is 1. The highest BCUT2D eigenvalue weighted by molar-refractivity contribution is 7.87. The monoisotopic (exact) mass is 214 g/mol. The highest BCUT2D eigenvalue weighted by atomic mass is 32.2. The van der Waals surface area contributed by atoms with Crippen LogP contribution in [0, 0.1) is 0 Å². The average molecular weight is 214 g/mol. The number of aliphatic carboxylic acids is 1. The average Bonchev–Trinajstić information content (AvgIpc) is 1.96. The van der Waals surface area contributed by atoms with Crippen LogP contribution in [0.25, 0.3) is 0 Å². The molecule has 0 aliphatic heterocycles. The molecule has 0 fully saturated rings. The van der Waals surface area contributed by atoms with Crippen molar-refractivity contribution in [3.05, 3.63) is 0 Å². The maximum absolute atomic E-state index is 10.4. The lowest BCUT2D eigenvalue weighted by Crippen LogP contribution is -2.33. The second-order valence-corrected chi connectivity index (χ2v) is 3.61. The molecular formula is C4H6O8S. The Balaban J connectivity index is 4.77. The molecule has 76 valence electrons. The van der Waals surface area contributed by atoms with Crippen molar-refractivity contribution in [2.75, 3.05) is 0 Å². The lowest BCUT2D eigenvalue weighted by Gasteiger charge is -2.06. The maximum Gasteiger partial charge on any atom is 0.363 e. The smallest absolute Gasteiger partial charge is 0.363 e. The van der Waals surface area contributed by atoms with Crippen LogP contribution in [0.4, 0.5) is 0 Å². The van der Waals surface area contributed by atoms with E-state index in [2.05, 4.69) is 4.89 Å². The summed E-state index contributed by atoms with van der Waals surface area (Å²) >= 11 is 0. The number of carbonyl (C=O) groups excluding carboxylic acids is 1. The zero-order valence-corrected chi connectivity index (χ0v) is 6.89. The van der Waals surface area contributed by atoms with Gasteiger partial charge in [0, 0.05) is 0 Å². The van der Waals surface area contributed by atoms with Gasteiger partial charge in [0.1, 0.15) is 0 Å². The Bertz CT molecular complexity index is 302. The van der Waals surface area contributed by atoms with Crippen LogP contribution < -0.4 is 0 Å². The molecular weight excluding hydrogens is 208 g/mol. The fraction of sp³-hybridized carbons (Fsp3) is 0.500. The predicted octanol–water partition coefficient (Wildman–Crippen LogP) is -1.27. The van der Waals surface area contributed by atoms with Gasteiger partial charge >= 0.3 is 11.9 Å². The molecule has 0 rings (SSSR count). The molecule has 0 bridgehead atoms. The Hall–Kier alpha value is -1.19. The molecule has 0 aromatic heterocycles. The SMILES string of the molecule is O=C(O)CC(C(=O)OO)S(=O)(=O)O. The first kappa shape index (κ1) is 11.8. The van der Waals surface area contributed by atoms with Gasteiger partial charge in [0.15, 0.2) is 5.25 Å². The van der Waals surface area contributed by atoms with E-state index in [-0.39, 0.29) is 0 Å². The summed E-state index contributed by atoms with van der Waals surface area (Å²) in [6.45, 7) is 0. The predicted molar refractivity (Wildman–Crippen MR) is 36.3 cm³/mol. The molecule has 1 atom stereocenters. The molecule has 0 aliphatic carbocycles. The maximum atomic E-state index is 10.4. The highest BCUT2D eigenvalue weighted by Gasteiger charge is 2.35. The van der Waals surface area contributed by atoms with Crippen LogP contribution in [0.3, 0.4) is 0 Å². The summed E-state index contributed by atoms with van der Waals surface area (Å²) in [7, 11) is -4.89. The molecule has 0 saturated carbocycles. The molecule has 0 radical (unpaired) electrons. The van der Waals surface area contributed by atoms with E-state index in [9.17, 15) is 18.0 Å². The van der Waals surface area contributed by atoms with Gasteiger partial charge in [0.25, 0.3) is 10.1 Å². The molecule has 0 aromatic rings. The molecule has 0 spiro atoms. The molecule has 3 N–H and O–H groups in total. The van der Waals surface area contributed by atoms with Crippen LogP contribution in [0.1, 0.15) is 6.42 Å². The summed E-state index contributed by atoms with van der Waals surface area (Å²) in [6, 6.07) is 0. The third-order valence-corrected chi connectivity index (χ3v) is 2.15. The Labute approximate surface area is 72.4 Å². The number of rotatable bonds is 4. The van der Waals surface area contributed by atoms with E-state index in [0.717, 1.165) is 0 Å². The topological polar surface area (TPSA) is 138 Å². The summed E-state index contributed by atoms with van der Waals surface area (Å²) in [5, 5.41) is 13.6. The van der Waals surface area contributed by atoms with Crippen molar-refractivity contribution in [1.29, 1.82) is 0 Å².